The van der Waals surface area contributed by atoms with E-state index in [-0.39, 0.29) is 11.7 Å². The van der Waals surface area contributed by atoms with Gasteiger partial charge >= 0.3 is 5.97 Å². The van der Waals surface area contributed by atoms with Crippen molar-refractivity contribution >= 4 is 20.9 Å². The first kappa shape index (κ1) is 27.2. The number of rotatable bonds is 13. The molecule has 1 aromatic carbocycles. The van der Waals surface area contributed by atoms with Crippen molar-refractivity contribution < 1.29 is 28.4 Å². The van der Waals surface area contributed by atoms with Gasteiger partial charge in [-0.15, -0.1) is 0 Å². The van der Waals surface area contributed by atoms with E-state index in [1.807, 2.05) is 0 Å². The van der Waals surface area contributed by atoms with E-state index in [0.29, 0.717) is 32.8 Å². The minimum atomic E-state index is -0.789. The first-order valence-corrected chi connectivity index (χ1v) is 11.9. The molecule has 1 aliphatic rings. The van der Waals surface area contributed by atoms with Crippen molar-refractivity contribution in [3.63, 3.8) is 0 Å². The number of carbonyl (C=O) groups excluding carboxylic acids is 2. The molecule has 2 unspecified atom stereocenters. The fraction of sp³-hybridized carbons (Fsp3) is 0.667. The van der Waals surface area contributed by atoms with Crippen LogP contribution < -0.4 is 9.47 Å². The largest absolute Gasteiger partial charge is 0.496 e. The molecule has 6 nitrogen and oxygen atoms in total. The summed E-state index contributed by atoms with van der Waals surface area (Å²) < 4.78 is 24.6. The third kappa shape index (κ3) is 8.33. The smallest absolute Gasteiger partial charge is 0.317 e. The van der Waals surface area contributed by atoms with Crippen LogP contribution in [0.5, 0.6) is 11.5 Å². The standard InChI is InChI=1S/C24H36O5.H3OP/c1-4-5-6-7-8-11-17-29-24(26)21(18-13-9-10-14-18)23(25)22-19(27-2)15-12-16-20(22)28-3;1-2/h12,15-16,18,21H,4-11,13-14,17H2,1-3H3;2H3. The van der Waals surface area contributed by atoms with Gasteiger partial charge in [0.05, 0.1) is 29.9 Å². The molecule has 0 radical (unpaired) electrons. The van der Waals surface area contributed by atoms with E-state index in [4.69, 9.17) is 18.8 Å². The molecule has 0 heterocycles. The number of hydrogen-bond acceptors (Lipinski definition) is 6. The maximum absolute atomic E-state index is 13.5. The average molecular weight is 455 g/mol. The van der Waals surface area contributed by atoms with Crippen LogP contribution in [0.3, 0.4) is 0 Å². The fourth-order valence-electron chi connectivity index (χ4n) is 4.20. The zero-order chi connectivity index (χ0) is 23.1. The van der Waals surface area contributed by atoms with E-state index in [1.54, 1.807) is 18.2 Å². The van der Waals surface area contributed by atoms with Crippen molar-refractivity contribution in [3.05, 3.63) is 23.8 Å². The molecular formula is C24H39O6P. The third-order valence-corrected chi connectivity index (χ3v) is 5.82. The molecule has 1 fully saturated rings. The number of methoxy groups -OCH3 is 2. The summed E-state index contributed by atoms with van der Waals surface area (Å²) in [7, 11) is 3.65. The van der Waals surface area contributed by atoms with Crippen LogP contribution in [0.4, 0.5) is 0 Å². The second-order valence-corrected chi connectivity index (χ2v) is 7.86. The molecule has 1 saturated carbocycles. The Morgan fingerprint density at radius 3 is 2.06 bits per heavy atom. The van der Waals surface area contributed by atoms with Crippen LogP contribution in [0.15, 0.2) is 18.2 Å². The van der Waals surface area contributed by atoms with Gasteiger partial charge in [-0.3, -0.25) is 9.59 Å². The summed E-state index contributed by atoms with van der Waals surface area (Å²) in [6.45, 7) is 2.57. The molecule has 0 aliphatic heterocycles. The highest BCUT2D eigenvalue weighted by atomic mass is 31.0. The molecule has 0 amide bonds. The van der Waals surface area contributed by atoms with E-state index in [2.05, 4.69) is 6.92 Å². The molecule has 1 aliphatic carbocycles. The topological polar surface area (TPSA) is 78.9 Å². The lowest BCUT2D eigenvalue weighted by Gasteiger charge is -2.22. The zero-order valence-corrected chi connectivity index (χ0v) is 20.7. The molecule has 2 atom stereocenters. The molecule has 7 heteroatoms. The number of carbonyl (C=O) groups is 2. The van der Waals surface area contributed by atoms with Crippen LogP contribution >= 0.6 is 9.12 Å². The number of hydrogen-bond donors (Lipinski definition) is 0. The first-order valence-electron chi connectivity index (χ1n) is 11.3. The minimum Gasteiger partial charge on any atom is -0.496 e. The highest BCUT2D eigenvalue weighted by Crippen LogP contribution is 2.38. The fourth-order valence-corrected chi connectivity index (χ4v) is 4.20. The Hall–Kier alpha value is -1.81. The van der Waals surface area contributed by atoms with Crippen molar-refractivity contribution in [1.29, 1.82) is 0 Å². The van der Waals surface area contributed by atoms with Crippen LogP contribution in [0, 0.1) is 11.8 Å². The van der Waals surface area contributed by atoms with Gasteiger partial charge in [-0.25, -0.2) is 0 Å². The van der Waals surface area contributed by atoms with Gasteiger partial charge in [0.15, 0.2) is 5.78 Å². The molecule has 1 aromatic rings. The second kappa shape index (κ2) is 15.9. The lowest BCUT2D eigenvalue weighted by molar-refractivity contribution is -0.148. The molecule has 2 rings (SSSR count). The summed E-state index contributed by atoms with van der Waals surface area (Å²) in [5, 5.41) is 0. The predicted octanol–water partition coefficient (Wildman–Crippen LogP) is 5.54. The Bertz CT molecular complexity index is 650. The molecular weight excluding hydrogens is 415 g/mol. The van der Waals surface area contributed by atoms with Crippen molar-refractivity contribution in [2.75, 3.05) is 20.8 Å². The van der Waals surface area contributed by atoms with Crippen molar-refractivity contribution in [3.8, 4) is 11.5 Å². The minimum absolute atomic E-state index is 0.0224. The molecule has 0 saturated heterocycles. The monoisotopic (exact) mass is 454 g/mol. The lowest BCUT2D eigenvalue weighted by atomic mass is 9.84. The average Bonchev–Trinajstić information content (AvgIpc) is 3.33. The first-order chi connectivity index (χ1) is 15.1. The molecule has 176 valence electrons. The normalized spacial score (nSPS) is 14.4. The third-order valence-electron chi connectivity index (χ3n) is 5.82. The van der Waals surface area contributed by atoms with Crippen LogP contribution in [-0.2, 0) is 14.1 Å². The summed E-state index contributed by atoms with van der Waals surface area (Å²) in [5.41, 5.74) is 0.339. The number of esters is 1. The van der Waals surface area contributed by atoms with E-state index in [9.17, 15) is 9.59 Å². The summed E-state index contributed by atoms with van der Waals surface area (Å²) in [6, 6.07) is 5.22. The molecule has 0 bridgehead atoms. The van der Waals surface area contributed by atoms with E-state index in [0.717, 1.165) is 44.9 Å². The molecule has 0 aromatic heterocycles. The van der Waals surface area contributed by atoms with Crippen molar-refractivity contribution in [1.82, 2.24) is 0 Å². The summed E-state index contributed by atoms with van der Waals surface area (Å²) in [5.74, 6) is -0.554. The predicted molar refractivity (Wildman–Crippen MR) is 125 cm³/mol. The number of ether oxygens (including phenoxy) is 3. The van der Waals surface area contributed by atoms with E-state index in [1.165, 1.54) is 33.5 Å². The number of Topliss-reactive ketones (excluding diaryl/α,β-unsaturated/α-hetero) is 1. The SMILES string of the molecule is CCCCCCCCOC(=O)C(C(=O)c1c(OC)cccc1OC)C1CCCC1.O=[PH3]. The Kier molecular flexibility index (Phi) is 14.0. The van der Waals surface area contributed by atoms with Gasteiger partial charge in [-0.1, -0.05) is 57.9 Å². The van der Waals surface area contributed by atoms with Gasteiger partial charge in [0.2, 0.25) is 0 Å². The number of benzene rings is 1. The van der Waals surface area contributed by atoms with Crippen LogP contribution in [0.25, 0.3) is 0 Å². The van der Waals surface area contributed by atoms with Crippen molar-refractivity contribution in [2.24, 2.45) is 11.8 Å². The highest BCUT2D eigenvalue weighted by molar-refractivity contribution is 7.00. The summed E-state index contributed by atoms with van der Waals surface area (Å²) in [4.78, 5) is 26.4. The number of unbranched alkanes of at least 4 members (excludes halogenated alkanes) is 5. The van der Waals surface area contributed by atoms with Crippen LogP contribution in [0.1, 0.15) is 81.5 Å². The Labute approximate surface area is 188 Å². The number of ketones is 1. The quantitative estimate of drug-likeness (QED) is 0.128. The summed E-state index contributed by atoms with van der Waals surface area (Å²) >= 11 is 0. The van der Waals surface area contributed by atoms with Gasteiger partial charge in [-0.2, -0.15) is 0 Å². The Morgan fingerprint density at radius 2 is 1.52 bits per heavy atom. The molecule has 0 spiro atoms. The van der Waals surface area contributed by atoms with Gasteiger partial charge in [-0.05, 0) is 37.3 Å². The van der Waals surface area contributed by atoms with Gasteiger partial charge in [0.25, 0.3) is 0 Å². The van der Waals surface area contributed by atoms with Crippen LogP contribution in [-0.4, -0.2) is 32.6 Å². The highest BCUT2D eigenvalue weighted by Gasteiger charge is 2.40. The van der Waals surface area contributed by atoms with Gasteiger partial charge < -0.3 is 18.8 Å². The van der Waals surface area contributed by atoms with Gasteiger partial charge in [0, 0.05) is 0 Å². The molecule has 0 N–H and O–H groups in total. The Balaban J connectivity index is 0.00000233. The van der Waals surface area contributed by atoms with E-state index >= 15 is 0 Å². The lowest BCUT2D eigenvalue weighted by Crippen LogP contribution is -2.33. The Morgan fingerprint density at radius 1 is 0.968 bits per heavy atom. The van der Waals surface area contributed by atoms with E-state index < -0.39 is 11.9 Å². The second-order valence-electron chi connectivity index (χ2n) is 7.86. The maximum Gasteiger partial charge on any atom is 0.317 e. The summed E-state index contributed by atoms with van der Waals surface area (Å²) in [6.07, 6.45) is 10.6. The van der Waals surface area contributed by atoms with Gasteiger partial charge in [0.1, 0.15) is 23.0 Å². The molecule has 31 heavy (non-hydrogen) atoms. The zero-order valence-electron chi connectivity index (χ0n) is 19.3. The maximum atomic E-state index is 13.5. The van der Waals surface area contributed by atoms with Crippen molar-refractivity contribution in [2.45, 2.75) is 71.1 Å². The van der Waals surface area contributed by atoms with Crippen LogP contribution in [0.2, 0.25) is 0 Å².